The van der Waals surface area contributed by atoms with Crippen LogP contribution >= 0.6 is 46.1 Å². The third-order valence-corrected chi connectivity index (χ3v) is 5.54. The smallest absolute Gasteiger partial charge is 0.341 e. The van der Waals surface area contributed by atoms with Gasteiger partial charge in [0, 0.05) is 11.3 Å². The van der Waals surface area contributed by atoms with Crippen molar-refractivity contribution in [2.75, 3.05) is 11.9 Å². The quantitative estimate of drug-likeness (QED) is 0.583. The van der Waals surface area contributed by atoms with Crippen molar-refractivity contribution >= 4 is 63.0 Å². The molecule has 1 aromatic heterocycles. The normalized spacial score (nSPS) is 20.4. The first kappa shape index (κ1) is 19.8. The Labute approximate surface area is 159 Å². The van der Waals surface area contributed by atoms with Gasteiger partial charge in [-0.3, -0.25) is 4.79 Å². The predicted molar refractivity (Wildman–Crippen MR) is 96.4 cm³/mol. The van der Waals surface area contributed by atoms with Crippen LogP contribution in [0.2, 0.25) is 0 Å². The van der Waals surface area contributed by atoms with Gasteiger partial charge < -0.3 is 14.8 Å². The highest BCUT2D eigenvalue weighted by atomic mass is 35.6. The number of carbonyl (C=O) groups is 2. The summed E-state index contributed by atoms with van der Waals surface area (Å²) in [6.07, 6.45) is 1.34. The average molecular weight is 415 g/mol. The SMILES string of the molecule is CCOC(=O)c1c(NC(=O)C(Cl)(Cl)Cl)sc2c1C[C@@](C)(CC)OC2. The minimum Gasteiger partial charge on any atom is -0.462 e. The van der Waals surface area contributed by atoms with Gasteiger partial charge in [0.1, 0.15) is 5.00 Å². The Bertz CT molecular complexity index is 656. The van der Waals surface area contributed by atoms with E-state index < -0.39 is 15.7 Å². The zero-order valence-corrected chi connectivity index (χ0v) is 16.6. The highest BCUT2D eigenvalue weighted by Gasteiger charge is 2.38. The Hall–Kier alpha value is -0.530. The van der Waals surface area contributed by atoms with Crippen LogP contribution in [-0.4, -0.2) is 27.9 Å². The molecule has 1 amide bonds. The van der Waals surface area contributed by atoms with Gasteiger partial charge in [-0.2, -0.15) is 0 Å². The molecule has 2 rings (SSSR count). The van der Waals surface area contributed by atoms with Gasteiger partial charge >= 0.3 is 5.97 Å². The molecule has 1 aromatic rings. The van der Waals surface area contributed by atoms with E-state index in [1.165, 1.54) is 11.3 Å². The number of esters is 1. The third kappa shape index (κ3) is 4.17. The lowest BCUT2D eigenvalue weighted by molar-refractivity contribution is -0.115. The Morgan fingerprint density at radius 2 is 2.04 bits per heavy atom. The molecule has 2 heterocycles. The van der Waals surface area contributed by atoms with Crippen molar-refractivity contribution in [3.8, 4) is 0 Å². The lowest BCUT2D eigenvalue weighted by Gasteiger charge is -2.33. The van der Waals surface area contributed by atoms with Crippen molar-refractivity contribution in [1.29, 1.82) is 0 Å². The van der Waals surface area contributed by atoms with Crippen molar-refractivity contribution in [1.82, 2.24) is 0 Å². The highest BCUT2D eigenvalue weighted by Crippen LogP contribution is 2.42. The number of ether oxygens (including phenoxy) is 2. The lowest BCUT2D eigenvalue weighted by Crippen LogP contribution is -2.34. The monoisotopic (exact) mass is 413 g/mol. The Kier molecular flexibility index (Phi) is 6.08. The fourth-order valence-corrected chi connectivity index (χ4v) is 3.64. The van der Waals surface area contributed by atoms with E-state index in [9.17, 15) is 9.59 Å². The van der Waals surface area contributed by atoms with Gasteiger partial charge in [0.05, 0.1) is 24.4 Å². The topological polar surface area (TPSA) is 64.6 Å². The second-order valence-electron chi connectivity index (χ2n) is 5.65. The van der Waals surface area contributed by atoms with Crippen molar-refractivity contribution in [2.45, 2.75) is 49.6 Å². The number of nitrogens with one attached hydrogen (secondary N) is 1. The predicted octanol–water partition coefficient (Wildman–Crippen LogP) is 4.47. The summed E-state index contributed by atoms with van der Waals surface area (Å²) in [4.78, 5) is 25.3. The highest BCUT2D eigenvalue weighted by molar-refractivity contribution is 7.17. The zero-order chi connectivity index (χ0) is 18.1. The molecule has 0 fully saturated rings. The molecule has 1 aliphatic rings. The number of hydrogen-bond donors (Lipinski definition) is 1. The average Bonchev–Trinajstić information content (AvgIpc) is 2.83. The number of rotatable bonds is 4. The fraction of sp³-hybridized carbons (Fsp3) is 0.600. The second kappa shape index (κ2) is 7.38. The third-order valence-electron chi connectivity index (χ3n) is 3.91. The van der Waals surface area contributed by atoms with Crippen molar-refractivity contribution < 1.29 is 19.1 Å². The molecule has 0 spiro atoms. The standard InChI is InChI=1S/C15H18Cl3NO4S/c1-4-14(3)6-8-9(7-23-14)24-11(10(8)12(20)22-5-2)19-13(21)15(16,17)18/h4-7H2,1-3H3,(H,19,21)/t14-/m1/s1. The molecule has 1 aliphatic heterocycles. The second-order valence-corrected chi connectivity index (χ2v) is 9.04. The molecule has 0 saturated heterocycles. The summed E-state index contributed by atoms with van der Waals surface area (Å²) in [6.45, 7) is 6.31. The first-order valence-electron chi connectivity index (χ1n) is 7.45. The Morgan fingerprint density at radius 1 is 1.38 bits per heavy atom. The van der Waals surface area contributed by atoms with E-state index in [1.54, 1.807) is 6.92 Å². The van der Waals surface area contributed by atoms with Crippen molar-refractivity contribution in [3.05, 3.63) is 16.0 Å². The molecule has 1 N–H and O–H groups in total. The maximum absolute atomic E-state index is 12.4. The molecular weight excluding hydrogens is 397 g/mol. The van der Waals surface area contributed by atoms with Crippen LogP contribution in [0.25, 0.3) is 0 Å². The van der Waals surface area contributed by atoms with Crippen LogP contribution < -0.4 is 5.32 Å². The maximum Gasteiger partial charge on any atom is 0.341 e. The molecule has 134 valence electrons. The molecule has 0 bridgehead atoms. The molecule has 0 radical (unpaired) electrons. The number of alkyl halides is 3. The number of halogens is 3. The van der Waals surface area contributed by atoms with Gasteiger partial charge in [-0.25, -0.2) is 4.79 Å². The number of thiophene rings is 1. The van der Waals surface area contributed by atoms with E-state index >= 15 is 0 Å². The van der Waals surface area contributed by atoms with Crippen LogP contribution in [0, 0.1) is 0 Å². The number of anilines is 1. The lowest BCUT2D eigenvalue weighted by atomic mass is 9.89. The van der Waals surface area contributed by atoms with Gasteiger partial charge in [0.15, 0.2) is 0 Å². The molecule has 9 heteroatoms. The number of amides is 1. The molecule has 0 unspecified atom stereocenters. The van der Waals surface area contributed by atoms with Gasteiger partial charge in [0.2, 0.25) is 0 Å². The minimum absolute atomic E-state index is 0.225. The van der Waals surface area contributed by atoms with Gasteiger partial charge in [0.25, 0.3) is 9.70 Å². The molecule has 5 nitrogen and oxygen atoms in total. The van der Waals surface area contributed by atoms with E-state index in [0.29, 0.717) is 23.6 Å². The Balaban J connectivity index is 2.45. The van der Waals surface area contributed by atoms with Crippen LogP contribution in [-0.2, 0) is 27.3 Å². The molecule has 24 heavy (non-hydrogen) atoms. The molecular formula is C15H18Cl3NO4S. The van der Waals surface area contributed by atoms with E-state index in [-0.39, 0.29) is 12.2 Å². The molecule has 0 aromatic carbocycles. The van der Waals surface area contributed by atoms with Crippen molar-refractivity contribution in [3.63, 3.8) is 0 Å². The molecule has 1 atom stereocenters. The fourth-order valence-electron chi connectivity index (χ4n) is 2.39. The van der Waals surface area contributed by atoms with Gasteiger partial charge in [-0.15, -0.1) is 11.3 Å². The minimum atomic E-state index is -2.12. The summed E-state index contributed by atoms with van der Waals surface area (Å²) in [5.41, 5.74) is 0.780. The summed E-state index contributed by atoms with van der Waals surface area (Å²) in [5.74, 6) is -1.33. The maximum atomic E-state index is 12.4. The number of fused-ring (bicyclic) bond motifs is 1. The van der Waals surface area contributed by atoms with Gasteiger partial charge in [-0.05, 0) is 25.8 Å². The van der Waals surface area contributed by atoms with Crippen LogP contribution in [0.5, 0.6) is 0 Å². The molecule has 0 saturated carbocycles. The zero-order valence-electron chi connectivity index (χ0n) is 13.5. The summed E-state index contributed by atoms with van der Waals surface area (Å²) >= 11 is 18.0. The largest absolute Gasteiger partial charge is 0.462 e. The first-order valence-corrected chi connectivity index (χ1v) is 9.40. The first-order chi connectivity index (χ1) is 11.1. The van der Waals surface area contributed by atoms with Crippen LogP contribution in [0.3, 0.4) is 0 Å². The van der Waals surface area contributed by atoms with E-state index in [1.807, 2.05) is 13.8 Å². The Morgan fingerprint density at radius 3 is 2.58 bits per heavy atom. The summed E-state index contributed by atoms with van der Waals surface area (Å²) < 4.78 is 8.91. The number of hydrogen-bond acceptors (Lipinski definition) is 5. The molecule has 0 aliphatic carbocycles. The van der Waals surface area contributed by atoms with Crippen molar-refractivity contribution in [2.24, 2.45) is 0 Å². The van der Waals surface area contributed by atoms with Crippen LogP contribution in [0.15, 0.2) is 0 Å². The van der Waals surface area contributed by atoms with Gasteiger partial charge in [-0.1, -0.05) is 41.7 Å². The summed E-state index contributed by atoms with van der Waals surface area (Å²) in [7, 11) is 0. The van der Waals surface area contributed by atoms with Crippen LogP contribution in [0.1, 0.15) is 48.0 Å². The van der Waals surface area contributed by atoms with E-state index in [2.05, 4.69) is 5.32 Å². The number of carbonyl (C=O) groups excluding carboxylic acids is 2. The summed E-state index contributed by atoms with van der Waals surface area (Å²) in [5, 5.41) is 2.84. The van der Waals surface area contributed by atoms with Crippen LogP contribution in [0.4, 0.5) is 5.00 Å². The summed E-state index contributed by atoms with van der Waals surface area (Å²) in [6, 6.07) is 0. The van der Waals surface area contributed by atoms with E-state index in [0.717, 1.165) is 16.9 Å². The van der Waals surface area contributed by atoms with E-state index in [4.69, 9.17) is 44.3 Å².